The largest absolute Gasteiger partial charge is 0.393 e. The van der Waals surface area contributed by atoms with Crippen LogP contribution in [0.2, 0.25) is 0 Å². The third kappa shape index (κ3) is 4.34. The Morgan fingerprint density at radius 2 is 2.00 bits per heavy atom. The van der Waals surface area contributed by atoms with E-state index in [0.717, 1.165) is 12.2 Å². The molecule has 1 nitrogen and oxygen atoms in total. The van der Waals surface area contributed by atoms with Gasteiger partial charge in [0.15, 0.2) is 0 Å². The van der Waals surface area contributed by atoms with Gasteiger partial charge in [0.05, 0.1) is 6.10 Å². The van der Waals surface area contributed by atoms with Crippen molar-refractivity contribution in [2.24, 2.45) is 0 Å². The molecule has 1 N–H and O–H groups in total. The molecule has 71 valence electrons. The first-order chi connectivity index (χ1) is 6.33. The lowest BCUT2D eigenvalue weighted by Gasteiger charge is -2.06. The summed E-state index contributed by atoms with van der Waals surface area (Å²) in [7, 11) is 0. The maximum atomic E-state index is 9.26. The summed E-state index contributed by atoms with van der Waals surface area (Å²) in [6.07, 6.45) is 1.19. The van der Waals surface area contributed by atoms with Crippen molar-refractivity contribution < 1.29 is 5.11 Å². The average molecular weight is 195 g/mol. The van der Waals surface area contributed by atoms with Gasteiger partial charge in [0.2, 0.25) is 0 Å². The van der Waals surface area contributed by atoms with Crippen LogP contribution >= 0.6 is 11.8 Å². The maximum absolute atomic E-state index is 9.26. The SMILES string of the molecule is [CH2]C[C@@H](O)CCSc1ccccc1. The van der Waals surface area contributed by atoms with E-state index in [0.29, 0.717) is 6.42 Å². The summed E-state index contributed by atoms with van der Waals surface area (Å²) >= 11 is 1.78. The first kappa shape index (κ1) is 10.6. The van der Waals surface area contributed by atoms with Crippen LogP contribution in [0.5, 0.6) is 0 Å². The standard InChI is InChI=1S/C11H15OS/c1-2-10(12)8-9-13-11-6-4-3-5-7-11/h3-7,10,12H,1-2,8-9H2/t10-/m1/s1. The number of hydrogen-bond donors (Lipinski definition) is 1. The molecule has 0 fully saturated rings. The highest BCUT2D eigenvalue weighted by atomic mass is 32.2. The van der Waals surface area contributed by atoms with Crippen molar-refractivity contribution in [3.63, 3.8) is 0 Å². The Bertz CT molecular complexity index is 223. The molecule has 0 spiro atoms. The molecule has 0 unspecified atom stereocenters. The Hall–Kier alpha value is -0.470. The van der Waals surface area contributed by atoms with Crippen molar-refractivity contribution in [3.05, 3.63) is 37.3 Å². The third-order valence-electron chi connectivity index (χ3n) is 1.80. The van der Waals surface area contributed by atoms with E-state index in [2.05, 4.69) is 19.1 Å². The zero-order valence-electron chi connectivity index (χ0n) is 7.65. The van der Waals surface area contributed by atoms with Crippen LogP contribution in [-0.4, -0.2) is 17.0 Å². The predicted molar refractivity (Wildman–Crippen MR) is 57.8 cm³/mol. The van der Waals surface area contributed by atoms with Gasteiger partial charge >= 0.3 is 0 Å². The molecule has 1 atom stereocenters. The molecule has 0 aliphatic rings. The Kier molecular flexibility index (Phi) is 4.94. The van der Waals surface area contributed by atoms with E-state index in [9.17, 15) is 5.11 Å². The molecule has 13 heavy (non-hydrogen) atoms. The van der Waals surface area contributed by atoms with Crippen molar-refractivity contribution >= 4 is 11.8 Å². The number of aliphatic hydroxyl groups is 1. The molecule has 0 heterocycles. The summed E-state index contributed by atoms with van der Waals surface area (Å²) in [6, 6.07) is 10.2. The van der Waals surface area contributed by atoms with E-state index in [-0.39, 0.29) is 6.10 Å². The van der Waals surface area contributed by atoms with Gasteiger partial charge in [-0.15, -0.1) is 11.8 Å². The lowest BCUT2D eigenvalue weighted by Crippen LogP contribution is -2.05. The highest BCUT2D eigenvalue weighted by Gasteiger charge is 2.00. The lowest BCUT2D eigenvalue weighted by molar-refractivity contribution is 0.174. The molecule has 0 amide bonds. The van der Waals surface area contributed by atoms with Crippen LogP contribution in [0.1, 0.15) is 12.8 Å². The molecule has 0 saturated heterocycles. The van der Waals surface area contributed by atoms with Gasteiger partial charge in [0, 0.05) is 10.6 Å². The lowest BCUT2D eigenvalue weighted by atomic mass is 10.2. The monoisotopic (exact) mass is 195 g/mol. The van der Waals surface area contributed by atoms with E-state index in [1.807, 2.05) is 18.2 Å². The van der Waals surface area contributed by atoms with E-state index in [4.69, 9.17) is 0 Å². The minimum absolute atomic E-state index is 0.240. The molecule has 1 rings (SSSR count). The van der Waals surface area contributed by atoms with Crippen LogP contribution < -0.4 is 0 Å². The van der Waals surface area contributed by atoms with Gasteiger partial charge < -0.3 is 5.11 Å². The predicted octanol–water partition coefficient (Wildman–Crippen LogP) is 2.75. The normalized spacial score (nSPS) is 12.8. The smallest absolute Gasteiger partial charge is 0.0548 e. The van der Waals surface area contributed by atoms with E-state index >= 15 is 0 Å². The van der Waals surface area contributed by atoms with Gasteiger partial charge in [-0.1, -0.05) is 25.1 Å². The minimum Gasteiger partial charge on any atom is -0.393 e. The van der Waals surface area contributed by atoms with Crippen LogP contribution in [0.3, 0.4) is 0 Å². The van der Waals surface area contributed by atoms with Crippen molar-refractivity contribution in [2.75, 3.05) is 5.75 Å². The number of hydrogen-bond acceptors (Lipinski definition) is 2. The Balaban J connectivity index is 2.20. The van der Waals surface area contributed by atoms with Gasteiger partial charge in [0.1, 0.15) is 0 Å². The molecular weight excluding hydrogens is 180 g/mol. The quantitative estimate of drug-likeness (QED) is 0.729. The highest BCUT2D eigenvalue weighted by Crippen LogP contribution is 2.18. The number of thioether (sulfide) groups is 1. The van der Waals surface area contributed by atoms with Gasteiger partial charge in [-0.05, 0) is 25.0 Å². The third-order valence-corrected chi connectivity index (χ3v) is 2.84. The first-order valence-corrected chi connectivity index (χ1v) is 5.46. The molecular formula is C11H15OS. The van der Waals surface area contributed by atoms with Crippen molar-refractivity contribution in [1.29, 1.82) is 0 Å². The summed E-state index contributed by atoms with van der Waals surface area (Å²) < 4.78 is 0. The first-order valence-electron chi connectivity index (χ1n) is 4.48. The summed E-state index contributed by atoms with van der Waals surface area (Å²) in [5.41, 5.74) is 0. The molecule has 0 saturated carbocycles. The summed E-state index contributed by atoms with van der Waals surface area (Å²) in [5, 5.41) is 9.26. The second-order valence-electron chi connectivity index (χ2n) is 2.89. The maximum Gasteiger partial charge on any atom is 0.0548 e. The second-order valence-corrected chi connectivity index (χ2v) is 4.06. The molecule has 0 aromatic heterocycles. The summed E-state index contributed by atoms with van der Waals surface area (Å²) in [6.45, 7) is 3.65. The molecule has 0 aliphatic heterocycles. The van der Waals surface area contributed by atoms with E-state index < -0.39 is 0 Å². The summed E-state index contributed by atoms with van der Waals surface area (Å²) in [5.74, 6) is 0.959. The van der Waals surface area contributed by atoms with Gasteiger partial charge in [-0.2, -0.15) is 0 Å². The number of rotatable bonds is 5. The van der Waals surface area contributed by atoms with Crippen LogP contribution in [0.25, 0.3) is 0 Å². The van der Waals surface area contributed by atoms with Crippen molar-refractivity contribution in [3.8, 4) is 0 Å². The topological polar surface area (TPSA) is 20.2 Å². The van der Waals surface area contributed by atoms with Crippen LogP contribution in [0.15, 0.2) is 35.2 Å². The molecule has 1 aromatic carbocycles. The fourth-order valence-electron chi connectivity index (χ4n) is 0.974. The Morgan fingerprint density at radius 3 is 2.62 bits per heavy atom. The highest BCUT2D eigenvalue weighted by molar-refractivity contribution is 7.99. The molecule has 1 aromatic rings. The van der Waals surface area contributed by atoms with Crippen LogP contribution in [0.4, 0.5) is 0 Å². The van der Waals surface area contributed by atoms with Crippen molar-refractivity contribution in [1.82, 2.24) is 0 Å². The fraction of sp³-hybridized carbons (Fsp3) is 0.364. The van der Waals surface area contributed by atoms with Crippen LogP contribution in [0, 0.1) is 6.92 Å². The van der Waals surface area contributed by atoms with Crippen molar-refractivity contribution in [2.45, 2.75) is 23.8 Å². The van der Waals surface area contributed by atoms with Gasteiger partial charge in [-0.25, -0.2) is 0 Å². The fourth-order valence-corrected chi connectivity index (χ4v) is 1.95. The molecule has 0 aliphatic carbocycles. The minimum atomic E-state index is -0.240. The van der Waals surface area contributed by atoms with E-state index in [1.165, 1.54) is 4.90 Å². The Morgan fingerprint density at radius 1 is 1.31 bits per heavy atom. The average Bonchev–Trinajstić information content (AvgIpc) is 2.19. The van der Waals surface area contributed by atoms with Gasteiger partial charge in [-0.3, -0.25) is 0 Å². The van der Waals surface area contributed by atoms with Crippen LogP contribution in [-0.2, 0) is 0 Å². The molecule has 2 heteroatoms. The van der Waals surface area contributed by atoms with E-state index in [1.54, 1.807) is 11.8 Å². The molecule has 0 bridgehead atoms. The zero-order valence-corrected chi connectivity index (χ0v) is 8.46. The number of benzene rings is 1. The molecule has 1 radical (unpaired) electrons. The second kappa shape index (κ2) is 6.06. The zero-order chi connectivity index (χ0) is 9.52. The Labute approximate surface area is 84.2 Å². The van der Waals surface area contributed by atoms with Gasteiger partial charge in [0.25, 0.3) is 0 Å². The summed E-state index contributed by atoms with van der Waals surface area (Å²) in [4.78, 5) is 1.26. The number of aliphatic hydroxyl groups excluding tert-OH is 1.